The number of nitrogens with zero attached hydrogens (tertiary/aromatic N) is 4. The van der Waals surface area contributed by atoms with E-state index in [4.69, 9.17) is 4.74 Å². The van der Waals surface area contributed by atoms with Crippen LogP contribution in [-0.4, -0.2) is 56.2 Å². The van der Waals surface area contributed by atoms with Crippen LogP contribution in [0.15, 0.2) is 47.5 Å². The molecule has 0 spiro atoms. The summed E-state index contributed by atoms with van der Waals surface area (Å²) < 4.78 is 32.3. The molecule has 0 N–H and O–H groups in total. The number of sulfonamides is 1. The summed E-state index contributed by atoms with van der Waals surface area (Å²) in [6.07, 6.45) is 1.62. The maximum Gasteiger partial charge on any atom is 0.246 e. The normalized spacial score (nSPS) is 16.3. The van der Waals surface area contributed by atoms with E-state index >= 15 is 0 Å². The average molecular weight is 334 g/mol. The van der Waals surface area contributed by atoms with Crippen LogP contribution >= 0.6 is 0 Å². The van der Waals surface area contributed by atoms with Gasteiger partial charge in [0.1, 0.15) is 10.6 Å². The van der Waals surface area contributed by atoms with Crippen molar-refractivity contribution in [3.63, 3.8) is 0 Å². The molecule has 122 valence electrons. The zero-order valence-electron chi connectivity index (χ0n) is 12.8. The van der Waals surface area contributed by atoms with Crippen LogP contribution in [0.3, 0.4) is 0 Å². The van der Waals surface area contributed by atoms with Crippen LogP contribution in [0.5, 0.6) is 5.75 Å². The van der Waals surface area contributed by atoms with Crippen LogP contribution in [0.25, 0.3) is 0 Å². The Balaban J connectivity index is 1.76. The van der Waals surface area contributed by atoms with Crippen LogP contribution in [0.1, 0.15) is 0 Å². The van der Waals surface area contributed by atoms with Crippen molar-refractivity contribution in [3.05, 3.63) is 42.6 Å². The lowest BCUT2D eigenvalue weighted by Gasteiger charge is -2.34. The van der Waals surface area contributed by atoms with E-state index in [1.165, 1.54) is 11.4 Å². The van der Waals surface area contributed by atoms with E-state index in [-0.39, 0.29) is 4.90 Å². The monoisotopic (exact) mass is 334 g/mol. The van der Waals surface area contributed by atoms with Crippen molar-refractivity contribution < 1.29 is 13.2 Å². The molecule has 0 amide bonds. The Morgan fingerprint density at radius 1 is 1.04 bits per heavy atom. The standard InChI is InChI=1S/C15H18N4O3S/c1-22-13-5-2-3-6-14(13)23(20,21)19-11-9-18(10-12-19)15-7-4-8-16-17-15/h2-8H,9-12H2,1H3. The van der Waals surface area contributed by atoms with Crippen molar-refractivity contribution in [1.82, 2.24) is 14.5 Å². The minimum atomic E-state index is -3.56. The molecule has 7 nitrogen and oxygen atoms in total. The first kappa shape index (κ1) is 15.7. The molecule has 1 fully saturated rings. The fraction of sp³-hybridized carbons (Fsp3) is 0.333. The van der Waals surface area contributed by atoms with Crippen LogP contribution in [0, 0.1) is 0 Å². The number of rotatable bonds is 4. The minimum Gasteiger partial charge on any atom is -0.495 e. The van der Waals surface area contributed by atoms with Gasteiger partial charge in [-0.3, -0.25) is 0 Å². The highest BCUT2D eigenvalue weighted by molar-refractivity contribution is 7.89. The highest BCUT2D eigenvalue weighted by atomic mass is 32.2. The summed E-state index contributed by atoms with van der Waals surface area (Å²) in [5, 5.41) is 7.92. The second-order valence-corrected chi connectivity index (χ2v) is 7.03. The molecular weight excluding hydrogens is 316 g/mol. The fourth-order valence-corrected chi connectivity index (χ4v) is 4.17. The highest BCUT2D eigenvalue weighted by Gasteiger charge is 2.30. The summed E-state index contributed by atoms with van der Waals surface area (Å²) >= 11 is 0. The molecule has 0 radical (unpaired) electrons. The summed E-state index contributed by atoms with van der Waals surface area (Å²) in [6, 6.07) is 10.4. The second-order valence-electron chi connectivity index (χ2n) is 5.12. The van der Waals surface area contributed by atoms with E-state index in [9.17, 15) is 8.42 Å². The molecule has 3 rings (SSSR count). The van der Waals surface area contributed by atoms with Gasteiger partial charge in [-0.2, -0.15) is 9.40 Å². The molecule has 1 aliphatic rings. The molecule has 0 saturated carbocycles. The second kappa shape index (κ2) is 6.51. The summed E-state index contributed by atoms with van der Waals surface area (Å²) in [6.45, 7) is 1.95. The Kier molecular flexibility index (Phi) is 4.44. The molecule has 0 atom stereocenters. The zero-order chi connectivity index (χ0) is 16.3. The number of piperazine rings is 1. The van der Waals surface area contributed by atoms with E-state index < -0.39 is 10.0 Å². The van der Waals surface area contributed by atoms with Crippen molar-refractivity contribution in [3.8, 4) is 5.75 Å². The predicted molar refractivity (Wildman–Crippen MR) is 86.0 cm³/mol. The number of aromatic nitrogens is 2. The number of methoxy groups -OCH3 is 1. The van der Waals surface area contributed by atoms with Gasteiger partial charge in [-0.05, 0) is 24.3 Å². The molecule has 0 aliphatic carbocycles. The zero-order valence-corrected chi connectivity index (χ0v) is 13.6. The van der Waals surface area contributed by atoms with Crippen LogP contribution in [0.4, 0.5) is 5.82 Å². The van der Waals surface area contributed by atoms with Crippen LogP contribution < -0.4 is 9.64 Å². The summed E-state index contributed by atoms with van der Waals surface area (Å²) in [5.41, 5.74) is 0. The largest absolute Gasteiger partial charge is 0.495 e. The number of ether oxygens (including phenoxy) is 1. The quantitative estimate of drug-likeness (QED) is 0.830. The molecule has 1 aliphatic heterocycles. The molecular formula is C15H18N4O3S. The van der Waals surface area contributed by atoms with Crippen LogP contribution in [0.2, 0.25) is 0 Å². The Labute approximate surface area is 135 Å². The lowest BCUT2D eigenvalue weighted by Crippen LogP contribution is -2.49. The topological polar surface area (TPSA) is 75.6 Å². The number of benzene rings is 1. The molecule has 2 heterocycles. The van der Waals surface area contributed by atoms with E-state index in [1.807, 2.05) is 17.0 Å². The molecule has 23 heavy (non-hydrogen) atoms. The summed E-state index contributed by atoms with van der Waals surface area (Å²) in [4.78, 5) is 2.23. The van der Waals surface area contributed by atoms with Gasteiger partial charge in [-0.1, -0.05) is 12.1 Å². The first-order valence-corrected chi connectivity index (χ1v) is 8.73. The number of para-hydroxylation sites is 1. The molecule has 0 bridgehead atoms. The highest BCUT2D eigenvalue weighted by Crippen LogP contribution is 2.27. The van der Waals surface area contributed by atoms with Gasteiger partial charge in [0.2, 0.25) is 10.0 Å². The molecule has 8 heteroatoms. The Morgan fingerprint density at radius 3 is 2.43 bits per heavy atom. The Hall–Kier alpha value is -2.19. The lowest BCUT2D eigenvalue weighted by atomic mass is 10.3. The number of hydrogen-bond acceptors (Lipinski definition) is 6. The number of hydrogen-bond donors (Lipinski definition) is 0. The van der Waals surface area contributed by atoms with Crippen molar-refractivity contribution >= 4 is 15.8 Å². The smallest absolute Gasteiger partial charge is 0.246 e. The van der Waals surface area contributed by atoms with Gasteiger partial charge in [0.15, 0.2) is 5.82 Å². The minimum absolute atomic E-state index is 0.204. The first-order valence-electron chi connectivity index (χ1n) is 7.29. The van der Waals surface area contributed by atoms with Crippen LogP contribution in [-0.2, 0) is 10.0 Å². The Morgan fingerprint density at radius 2 is 1.78 bits per heavy atom. The third-order valence-corrected chi connectivity index (χ3v) is 5.75. The number of anilines is 1. The van der Waals surface area contributed by atoms with E-state index in [1.54, 1.807) is 30.5 Å². The van der Waals surface area contributed by atoms with Gasteiger partial charge >= 0.3 is 0 Å². The maximum absolute atomic E-state index is 12.8. The third-order valence-electron chi connectivity index (χ3n) is 3.81. The molecule has 1 saturated heterocycles. The fourth-order valence-electron chi connectivity index (χ4n) is 2.59. The van der Waals surface area contributed by atoms with Gasteiger partial charge in [-0.15, -0.1) is 5.10 Å². The lowest BCUT2D eigenvalue weighted by molar-refractivity contribution is 0.373. The van der Waals surface area contributed by atoms with Gasteiger partial charge in [-0.25, -0.2) is 8.42 Å². The van der Waals surface area contributed by atoms with Gasteiger partial charge in [0.05, 0.1) is 7.11 Å². The molecule has 0 unspecified atom stereocenters. The van der Waals surface area contributed by atoms with Crippen molar-refractivity contribution in [1.29, 1.82) is 0 Å². The predicted octanol–water partition coefficient (Wildman–Crippen LogP) is 0.996. The van der Waals surface area contributed by atoms with Crippen molar-refractivity contribution in [2.75, 3.05) is 38.2 Å². The van der Waals surface area contributed by atoms with Gasteiger partial charge in [0.25, 0.3) is 0 Å². The van der Waals surface area contributed by atoms with E-state index in [0.29, 0.717) is 31.9 Å². The molecule has 1 aromatic heterocycles. The SMILES string of the molecule is COc1ccccc1S(=O)(=O)N1CCN(c2cccnn2)CC1. The first-order chi connectivity index (χ1) is 11.1. The maximum atomic E-state index is 12.8. The van der Waals surface area contributed by atoms with E-state index in [2.05, 4.69) is 10.2 Å². The molecule has 2 aromatic rings. The third kappa shape index (κ3) is 3.13. The molecule has 1 aromatic carbocycles. The Bertz CT molecular complexity index is 759. The van der Waals surface area contributed by atoms with Crippen molar-refractivity contribution in [2.24, 2.45) is 0 Å². The van der Waals surface area contributed by atoms with Gasteiger partial charge in [0, 0.05) is 32.4 Å². The average Bonchev–Trinajstić information content (AvgIpc) is 2.62. The van der Waals surface area contributed by atoms with Crippen molar-refractivity contribution in [2.45, 2.75) is 4.90 Å². The van der Waals surface area contributed by atoms with Gasteiger partial charge < -0.3 is 9.64 Å². The summed E-state index contributed by atoms with van der Waals surface area (Å²) in [5.74, 6) is 1.13. The summed E-state index contributed by atoms with van der Waals surface area (Å²) in [7, 11) is -2.09. The van der Waals surface area contributed by atoms with E-state index in [0.717, 1.165) is 5.82 Å².